The smallest absolute Gasteiger partial charge is 0.0824 e. The summed E-state index contributed by atoms with van der Waals surface area (Å²) in [7, 11) is 1.99. The van der Waals surface area contributed by atoms with Crippen LogP contribution < -0.4 is 0 Å². The van der Waals surface area contributed by atoms with Crippen LogP contribution in [0.4, 0.5) is 0 Å². The van der Waals surface area contributed by atoms with Crippen LogP contribution in [0.25, 0.3) is 11.3 Å². The molecule has 0 N–H and O–H groups in total. The van der Waals surface area contributed by atoms with Crippen LogP contribution in [-0.4, -0.2) is 9.78 Å². The zero-order valence-electron chi connectivity index (χ0n) is 10.7. The van der Waals surface area contributed by atoms with Crippen LogP contribution in [0.5, 0.6) is 0 Å². The van der Waals surface area contributed by atoms with Crippen molar-refractivity contribution in [3.8, 4) is 11.3 Å². The molecule has 17 heavy (non-hydrogen) atoms. The maximum atomic E-state index is 4.53. The van der Waals surface area contributed by atoms with E-state index < -0.39 is 0 Å². The Morgan fingerprint density at radius 3 is 2.47 bits per heavy atom. The van der Waals surface area contributed by atoms with E-state index in [1.165, 1.54) is 16.7 Å². The molecule has 2 nitrogen and oxygen atoms in total. The molecule has 0 aliphatic carbocycles. The molecule has 0 saturated heterocycles. The summed E-state index contributed by atoms with van der Waals surface area (Å²) < 4.78 is 3.07. The summed E-state index contributed by atoms with van der Waals surface area (Å²) in [6.45, 7) is 6.40. The summed E-state index contributed by atoms with van der Waals surface area (Å²) in [6, 6.07) is 6.54. The fourth-order valence-electron chi connectivity index (χ4n) is 1.98. The number of hydrogen-bond donors (Lipinski definition) is 0. The van der Waals surface area contributed by atoms with Crippen molar-refractivity contribution in [1.29, 1.82) is 0 Å². The normalized spacial score (nSPS) is 10.9. The molecule has 90 valence electrons. The molecule has 2 rings (SSSR count). The quantitative estimate of drug-likeness (QED) is 0.817. The summed E-state index contributed by atoms with van der Waals surface area (Å²) >= 11 is 3.66. The van der Waals surface area contributed by atoms with Crippen molar-refractivity contribution < 1.29 is 0 Å². The van der Waals surface area contributed by atoms with Gasteiger partial charge in [-0.1, -0.05) is 19.1 Å². The fraction of sp³-hybridized carbons (Fsp3) is 0.357. The van der Waals surface area contributed by atoms with E-state index in [0.717, 1.165) is 22.3 Å². The summed E-state index contributed by atoms with van der Waals surface area (Å²) in [6.07, 6.45) is 0.944. The van der Waals surface area contributed by atoms with Gasteiger partial charge in [-0.3, -0.25) is 4.68 Å². The second-order valence-electron chi connectivity index (χ2n) is 4.39. The summed E-state index contributed by atoms with van der Waals surface area (Å²) in [5, 5.41) is 4.53. The minimum atomic E-state index is 0.944. The summed E-state index contributed by atoms with van der Waals surface area (Å²) in [5.74, 6) is 0. The molecule has 0 aliphatic heterocycles. The number of nitrogens with zero attached hydrogens (tertiary/aromatic N) is 2. The van der Waals surface area contributed by atoms with Crippen molar-refractivity contribution in [3.63, 3.8) is 0 Å². The minimum absolute atomic E-state index is 0.944. The lowest BCUT2D eigenvalue weighted by Gasteiger charge is -2.06. The monoisotopic (exact) mass is 292 g/mol. The molecule has 0 fully saturated rings. The van der Waals surface area contributed by atoms with E-state index in [2.05, 4.69) is 60.0 Å². The van der Waals surface area contributed by atoms with E-state index in [1.54, 1.807) is 0 Å². The molecule has 3 heteroatoms. The first-order valence-electron chi connectivity index (χ1n) is 5.83. The summed E-state index contributed by atoms with van der Waals surface area (Å²) in [4.78, 5) is 0. The van der Waals surface area contributed by atoms with Gasteiger partial charge >= 0.3 is 0 Å². The van der Waals surface area contributed by atoms with Crippen LogP contribution in [0, 0.1) is 13.8 Å². The number of hydrogen-bond acceptors (Lipinski definition) is 1. The van der Waals surface area contributed by atoms with Crippen molar-refractivity contribution in [2.24, 2.45) is 7.05 Å². The van der Waals surface area contributed by atoms with Crippen LogP contribution in [0.2, 0.25) is 0 Å². The van der Waals surface area contributed by atoms with Gasteiger partial charge in [0.05, 0.1) is 15.9 Å². The van der Waals surface area contributed by atoms with Gasteiger partial charge in [-0.2, -0.15) is 5.10 Å². The molecule has 0 aliphatic rings. The number of aromatic nitrogens is 2. The molecule has 1 aromatic heterocycles. The molecule has 0 radical (unpaired) electrons. The molecule has 1 aromatic carbocycles. The van der Waals surface area contributed by atoms with E-state index in [0.29, 0.717) is 0 Å². The maximum absolute atomic E-state index is 4.53. The number of benzene rings is 1. The fourth-order valence-corrected chi connectivity index (χ4v) is 2.83. The Balaban J connectivity index is 2.60. The van der Waals surface area contributed by atoms with Crippen molar-refractivity contribution in [2.75, 3.05) is 0 Å². The molecular formula is C14H17BrN2. The Morgan fingerprint density at radius 2 is 1.94 bits per heavy atom. The molecule has 1 heterocycles. The highest BCUT2D eigenvalue weighted by atomic mass is 79.9. The zero-order valence-corrected chi connectivity index (χ0v) is 12.3. The van der Waals surface area contributed by atoms with E-state index in [-0.39, 0.29) is 0 Å². The Bertz CT molecular complexity index is 556. The van der Waals surface area contributed by atoms with Gasteiger partial charge in [-0.05, 0) is 53.4 Å². The van der Waals surface area contributed by atoms with Crippen molar-refractivity contribution in [2.45, 2.75) is 27.2 Å². The van der Waals surface area contributed by atoms with Gasteiger partial charge in [0.15, 0.2) is 0 Å². The van der Waals surface area contributed by atoms with Crippen molar-refractivity contribution in [1.82, 2.24) is 9.78 Å². The van der Waals surface area contributed by atoms with E-state index in [4.69, 9.17) is 0 Å². The highest BCUT2D eigenvalue weighted by Gasteiger charge is 2.14. The summed E-state index contributed by atoms with van der Waals surface area (Å²) in [5.41, 5.74) is 6.12. The highest BCUT2D eigenvalue weighted by Crippen LogP contribution is 2.31. The van der Waals surface area contributed by atoms with Crippen molar-refractivity contribution in [3.05, 3.63) is 39.5 Å². The van der Waals surface area contributed by atoms with Gasteiger partial charge in [0.2, 0.25) is 0 Å². The van der Waals surface area contributed by atoms with E-state index in [9.17, 15) is 0 Å². The molecular weight excluding hydrogens is 276 g/mol. The van der Waals surface area contributed by atoms with Gasteiger partial charge in [0.1, 0.15) is 0 Å². The zero-order chi connectivity index (χ0) is 12.6. The third-order valence-electron chi connectivity index (χ3n) is 3.17. The molecule has 0 atom stereocenters. The minimum Gasteiger partial charge on any atom is -0.266 e. The lowest BCUT2D eigenvalue weighted by atomic mass is 10.0. The largest absolute Gasteiger partial charge is 0.266 e. The third-order valence-corrected chi connectivity index (χ3v) is 4.00. The lowest BCUT2D eigenvalue weighted by molar-refractivity contribution is 0.753. The Labute approximate surface area is 111 Å². The first kappa shape index (κ1) is 12.4. The number of halogens is 1. The second-order valence-corrected chi connectivity index (χ2v) is 5.18. The number of aryl methyl sites for hydroxylation is 4. The van der Waals surface area contributed by atoms with E-state index >= 15 is 0 Å². The van der Waals surface area contributed by atoms with Crippen LogP contribution in [0.15, 0.2) is 22.7 Å². The Hall–Kier alpha value is -1.09. The van der Waals surface area contributed by atoms with Gasteiger partial charge in [0, 0.05) is 12.6 Å². The third kappa shape index (κ3) is 2.16. The Kier molecular flexibility index (Phi) is 3.38. The molecule has 0 bridgehead atoms. The highest BCUT2D eigenvalue weighted by molar-refractivity contribution is 9.10. The van der Waals surface area contributed by atoms with Crippen LogP contribution >= 0.6 is 15.9 Å². The average molecular weight is 293 g/mol. The molecule has 2 aromatic rings. The molecule has 0 saturated carbocycles. The van der Waals surface area contributed by atoms with E-state index in [1.807, 2.05) is 11.7 Å². The Morgan fingerprint density at radius 1 is 1.24 bits per heavy atom. The molecule has 0 spiro atoms. The SMILES string of the molecule is CCc1nn(C)c(-c2ccc(C)c(C)c2)c1Br. The predicted octanol–water partition coefficient (Wildman–Crippen LogP) is 4.03. The van der Waals surface area contributed by atoms with Gasteiger partial charge in [-0.15, -0.1) is 0 Å². The number of rotatable bonds is 2. The predicted molar refractivity (Wildman–Crippen MR) is 75.2 cm³/mol. The van der Waals surface area contributed by atoms with Gasteiger partial charge in [-0.25, -0.2) is 0 Å². The maximum Gasteiger partial charge on any atom is 0.0824 e. The van der Waals surface area contributed by atoms with Gasteiger partial charge < -0.3 is 0 Å². The standard InChI is InChI=1S/C14H17BrN2/c1-5-12-13(15)14(17(4)16-12)11-7-6-9(2)10(3)8-11/h6-8H,5H2,1-4H3. The van der Waals surface area contributed by atoms with Crippen LogP contribution in [0.1, 0.15) is 23.7 Å². The molecule has 0 amide bonds. The first-order valence-corrected chi connectivity index (χ1v) is 6.63. The van der Waals surface area contributed by atoms with Crippen LogP contribution in [0.3, 0.4) is 0 Å². The second kappa shape index (κ2) is 4.65. The lowest BCUT2D eigenvalue weighted by Crippen LogP contribution is -1.95. The first-order chi connectivity index (χ1) is 8.04. The topological polar surface area (TPSA) is 17.8 Å². The molecule has 0 unspecified atom stereocenters. The van der Waals surface area contributed by atoms with Gasteiger partial charge in [0.25, 0.3) is 0 Å². The van der Waals surface area contributed by atoms with Crippen molar-refractivity contribution >= 4 is 15.9 Å². The van der Waals surface area contributed by atoms with Crippen LogP contribution in [-0.2, 0) is 13.5 Å². The average Bonchev–Trinajstić information content (AvgIpc) is 2.58.